The lowest BCUT2D eigenvalue weighted by atomic mass is 9.49. The van der Waals surface area contributed by atoms with Crippen molar-refractivity contribution < 1.29 is 46.9 Å². The van der Waals surface area contributed by atoms with E-state index in [4.69, 9.17) is 33.9 Å². The lowest BCUT2D eigenvalue weighted by molar-refractivity contribution is -0.220. The first-order chi connectivity index (χ1) is 64.2. The summed E-state index contributed by atoms with van der Waals surface area (Å²) >= 11 is 0. The monoisotopic (exact) mass is 1830 g/mol. The van der Waals surface area contributed by atoms with Gasteiger partial charge in [0.15, 0.2) is 14.7 Å². The SMILES string of the molecule is CC1Cc2ccccc2C1C.CCC(C)c1ccc(COc2ccc(S(=O)(=O)[O-])cc2)cc1.CCC(C)c1ccc(O)cc1.CCC(C)c1ccc(O)cc1.CCC(C)c1ccc(OC(OC(C)C)C2(c3ccc(C)cc3)CCCCC2)cc1.CCC(C)c1ccc(OC(OCc2ccccc2)C23CC4CC(CC(C4)C2)C3)cc1.c1ccc([S+](c2ccccc2)c2ccccc2)cc1. The maximum absolute atomic E-state index is 10.8. The zero-order chi connectivity index (χ0) is 94.9. The minimum absolute atomic E-state index is 0.0146. The molecule has 9 atom stereocenters. The second-order valence-corrected chi connectivity index (χ2v) is 41.9. The molecule has 5 fully saturated rings. The smallest absolute Gasteiger partial charge is 0.209 e. The second kappa shape index (κ2) is 51.5. The van der Waals surface area contributed by atoms with Crippen molar-refractivity contribution in [3.05, 3.63) is 377 Å². The fourth-order valence-corrected chi connectivity index (χ4v) is 22.0. The van der Waals surface area contributed by atoms with Crippen molar-refractivity contribution in [3.8, 4) is 28.7 Å². The fraction of sp³-hybridized carbons (Fsp3) is 0.405. The molecule has 0 aliphatic heterocycles. The molecule has 133 heavy (non-hydrogen) atoms. The van der Waals surface area contributed by atoms with Gasteiger partial charge in [-0.05, 0) is 335 Å². The zero-order valence-corrected chi connectivity index (χ0v) is 83.6. The average Bonchev–Trinajstić information content (AvgIpc) is 1.07. The van der Waals surface area contributed by atoms with Gasteiger partial charge in [-0.15, -0.1) is 0 Å². The Morgan fingerprint density at radius 2 is 0.767 bits per heavy atom. The molecule has 18 rings (SSSR count). The first-order valence-electron chi connectivity index (χ1n) is 49.4. The lowest BCUT2D eigenvalue weighted by Crippen LogP contribution is -2.54. The normalized spacial score (nSPS) is 19.2. The Balaban J connectivity index is 0.000000155. The van der Waals surface area contributed by atoms with Crippen molar-refractivity contribution in [1.29, 1.82) is 0 Å². The Hall–Kier alpha value is -10.2. The van der Waals surface area contributed by atoms with Crippen LogP contribution in [0.3, 0.4) is 0 Å². The maximum atomic E-state index is 10.8. The minimum atomic E-state index is -4.41. The molecule has 0 heterocycles. The highest BCUT2D eigenvalue weighted by Gasteiger charge is 2.56. The van der Waals surface area contributed by atoms with E-state index in [1.165, 1.54) is 148 Å². The molecular formula is C121H150O10S2. The summed E-state index contributed by atoms with van der Waals surface area (Å²) in [4.78, 5) is 3.83. The van der Waals surface area contributed by atoms with E-state index >= 15 is 0 Å². The standard InChI is InChI=1S/C28H36O2.C27H38O2.C18H15S.C17H20O4S.C11H14.2C10H14O/c1-3-20(2)25-9-11-26(12-10-25)30-27(29-19-21-7-5-4-6-8-21)28-16-22-13-23(17-28)15-24(14-22)18-28;1-6-22(5)23-12-16-25(17-13-23)29-26(28-20(2)3)27(18-8-7-9-19-27)24-14-10-21(4)11-15-24;1-4-10-16(11-5-1)19(17-12-6-2-7-13-17)18-14-8-3-9-15-18;1-3-13(2)15-6-4-14(5-7-15)12-21-16-8-10-17(11-9-16)22(18,19)20;1-8-7-10-5-3-4-6-11(10)9(8)2;2*1-3-8(2)9-4-6-10(11)7-5-9/h4-12,20,22-24,27H,3,13-19H2,1-2H3;10-17,20,22,26H,6-9,18-19H2,1-5H3;1-15H;4-11,13H,3,12H2,1-2H3,(H,18,19,20);3-6,8-9H,7H2,1-2H3;2*4-8,11H,3H2,1-2H3/q;;+1;;;;/p-1. The predicted molar refractivity (Wildman–Crippen MR) is 550 cm³/mol. The van der Waals surface area contributed by atoms with Crippen molar-refractivity contribution in [2.24, 2.45) is 29.1 Å². The van der Waals surface area contributed by atoms with Crippen LogP contribution in [0.1, 0.15) is 296 Å². The zero-order valence-electron chi connectivity index (χ0n) is 81.9. The van der Waals surface area contributed by atoms with E-state index in [9.17, 15) is 13.0 Å². The van der Waals surface area contributed by atoms with Gasteiger partial charge in [-0.1, -0.05) is 314 Å². The summed E-state index contributed by atoms with van der Waals surface area (Å²) in [5.41, 5.74) is 14.8. The van der Waals surface area contributed by atoms with Crippen LogP contribution in [-0.2, 0) is 55.5 Å². The number of fused-ring (bicyclic) bond motifs is 1. The van der Waals surface area contributed by atoms with Crippen LogP contribution < -0.4 is 14.2 Å². The Labute approximate surface area is 802 Å². The van der Waals surface area contributed by atoms with E-state index < -0.39 is 10.1 Å². The molecule has 10 nitrogen and oxygen atoms in total. The quantitative estimate of drug-likeness (QED) is 0.0264. The molecule has 12 aromatic carbocycles. The molecule has 9 unspecified atom stereocenters. The Kier molecular flexibility index (Phi) is 40.0. The van der Waals surface area contributed by atoms with Crippen molar-refractivity contribution in [3.63, 3.8) is 0 Å². The Bertz CT molecular complexity index is 5240. The summed E-state index contributed by atoms with van der Waals surface area (Å²) in [7, 11) is -4.42. The number of aromatic hydroxyl groups is 2. The molecule has 2 N–H and O–H groups in total. The van der Waals surface area contributed by atoms with E-state index in [0.29, 0.717) is 60.1 Å². The third-order valence-electron chi connectivity index (χ3n) is 28.4. The molecule has 0 radical (unpaired) electrons. The average molecular weight is 1830 g/mol. The molecule has 0 amide bonds. The molecule has 4 bridgehead atoms. The number of aryl methyl sites for hydroxylation is 1. The van der Waals surface area contributed by atoms with Crippen molar-refractivity contribution in [2.45, 2.75) is 305 Å². The third-order valence-corrected chi connectivity index (χ3v) is 31.4. The molecule has 0 aromatic heterocycles. The number of hydrogen-bond donors (Lipinski definition) is 2. The summed E-state index contributed by atoms with van der Waals surface area (Å²) in [6.07, 6.45) is 20.8. The summed E-state index contributed by atoms with van der Waals surface area (Å²) in [6, 6.07) is 107. The largest absolute Gasteiger partial charge is 0.744 e. The van der Waals surface area contributed by atoms with Crippen LogP contribution in [0.5, 0.6) is 28.7 Å². The summed E-state index contributed by atoms with van der Waals surface area (Å²) < 4.78 is 64.4. The molecule has 5 saturated carbocycles. The van der Waals surface area contributed by atoms with Gasteiger partial charge in [0.25, 0.3) is 0 Å². The van der Waals surface area contributed by atoms with E-state index in [-0.39, 0.29) is 45.3 Å². The highest BCUT2D eigenvalue weighted by molar-refractivity contribution is 7.97. The minimum Gasteiger partial charge on any atom is -0.744 e. The van der Waals surface area contributed by atoms with Gasteiger partial charge in [0.05, 0.1) is 33.9 Å². The highest BCUT2D eigenvalue weighted by atomic mass is 32.2. The fourth-order valence-electron chi connectivity index (χ4n) is 19.5. The van der Waals surface area contributed by atoms with Gasteiger partial charge in [-0.3, -0.25) is 0 Å². The van der Waals surface area contributed by atoms with E-state index in [0.717, 1.165) is 91.6 Å². The van der Waals surface area contributed by atoms with E-state index in [2.05, 4.69) is 334 Å². The molecule has 0 spiro atoms. The summed E-state index contributed by atoms with van der Waals surface area (Å²) in [5, 5.41) is 18.0. The van der Waals surface area contributed by atoms with Crippen LogP contribution >= 0.6 is 0 Å². The van der Waals surface area contributed by atoms with Gasteiger partial charge in [0.2, 0.25) is 12.6 Å². The van der Waals surface area contributed by atoms with Gasteiger partial charge in [0, 0.05) is 5.41 Å². The number of phenolic OH excluding ortho intramolecular Hbond substituents is 2. The molecule has 0 saturated heterocycles. The molecular weight excluding hydrogens is 1680 g/mol. The number of rotatable bonds is 29. The predicted octanol–water partition coefficient (Wildman–Crippen LogP) is 32.1. The van der Waals surface area contributed by atoms with Crippen molar-refractivity contribution in [2.75, 3.05) is 0 Å². The second-order valence-electron chi connectivity index (χ2n) is 38.5. The molecule has 6 aliphatic carbocycles. The molecule has 706 valence electrons. The van der Waals surface area contributed by atoms with Gasteiger partial charge in [-0.25, -0.2) is 8.42 Å². The van der Waals surface area contributed by atoms with Crippen LogP contribution in [0, 0.1) is 36.0 Å². The Morgan fingerprint density at radius 1 is 0.406 bits per heavy atom. The van der Waals surface area contributed by atoms with Crippen LogP contribution in [0.15, 0.2) is 335 Å². The molecule has 6 aliphatic rings. The van der Waals surface area contributed by atoms with E-state index in [1.807, 2.05) is 36.4 Å². The molecule has 12 heteroatoms. The van der Waals surface area contributed by atoms with Crippen LogP contribution in [0.2, 0.25) is 0 Å². The summed E-state index contributed by atoms with van der Waals surface area (Å²) in [5.74, 6) is 10.2. The first-order valence-corrected chi connectivity index (χ1v) is 52.1. The van der Waals surface area contributed by atoms with Gasteiger partial charge >= 0.3 is 0 Å². The van der Waals surface area contributed by atoms with Gasteiger partial charge in [0.1, 0.15) is 45.5 Å². The number of benzene rings is 12. The topological polar surface area (TPSA) is 144 Å². The van der Waals surface area contributed by atoms with Crippen LogP contribution in [-0.4, -0.2) is 41.9 Å². The number of hydrogen-bond acceptors (Lipinski definition) is 10. The van der Waals surface area contributed by atoms with Gasteiger partial charge in [-0.2, -0.15) is 0 Å². The van der Waals surface area contributed by atoms with Crippen molar-refractivity contribution in [1.82, 2.24) is 0 Å². The van der Waals surface area contributed by atoms with E-state index in [1.54, 1.807) is 35.4 Å². The van der Waals surface area contributed by atoms with Crippen molar-refractivity contribution >= 4 is 21.0 Å². The lowest BCUT2D eigenvalue weighted by Gasteiger charge is -2.58. The maximum Gasteiger partial charge on any atom is 0.209 e. The summed E-state index contributed by atoms with van der Waals surface area (Å²) in [6.45, 7) is 34.1. The highest BCUT2D eigenvalue weighted by Crippen LogP contribution is 2.62. The molecule has 12 aromatic rings. The van der Waals surface area contributed by atoms with Crippen LogP contribution in [0.4, 0.5) is 0 Å². The first kappa shape index (κ1) is 103. The number of ether oxygens (including phenoxy) is 5. The van der Waals surface area contributed by atoms with Gasteiger partial charge < -0.3 is 38.5 Å². The van der Waals surface area contributed by atoms with Crippen LogP contribution in [0.25, 0.3) is 0 Å². The Morgan fingerprint density at radius 3 is 1.16 bits per heavy atom. The third kappa shape index (κ3) is 30.4. The number of phenols is 2.